The van der Waals surface area contributed by atoms with Crippen LogP contribution in [0.2, 0.25) is 0 Å². The molecule has 27 heavy (non-hydrogen) atoms. The van der Waals surface area contributed by atoms with Gasteiger partial charge in [0.2, 0.25) is 0 Å². The van der Waals surface area contributed by atoms with Crippen molar-refractivity contribution in [1.82, 2.24) is 14.5 Å². The van der Waals surface area contributed by atoms with Gasteiger partial charge in [0.1, 0.15) is 5.82 Å². The van der Waals surface area contributed by atoms with Crippen molar-refractivity contribution in [3.63, 3.8) is 0 Å². The number of thioether (sulfide) groups is 1. The van der Waals surface area contributed by atoms with Crippen molar-refractivity contribution in [3.05, 3.63) is 83.6 Å². The molecule has 2 heterocycles. The normalized spacial score (nSPS) is 10.9. The molecule has 0 spiro atoms. The third-order valence-corrected chi connectivity index (χ3v) is 5.34. The molecule has 0 atom stereocenters. The number of hydrogen-bond acceptors (Lipinski definition) is 3. The van der Waals surface area contributed by atoms with E-state index in [-0.39, 0.29) is 5.82 Å². The summed E-state index contributed by atoms with van der Waals surface area (Å²) in [5, 5.41) is 0. The Morgan fingerprint density at radius 1 is 0.926 bits per heavy atom. The predicted octanol–water partition coefficient (Wildman–Crippen LogP) is 6.12. The third kappa shape index (κ3) is 3.46. The molecule has 0 unspecified atom stereocenters. The first-order valence-corrected chi connectivity index (χ1v) is 9.96. The molecular weight excluding hydrogens is 377 g/mol. The highest BCUT2D eigenvalue weighted by atomic mass is 32.2. The molecule has 6 heteroatoms. The highest BCUT2D eigenvalue weighted by molar-refractivity contribution is 7.98. The van der Waals surface area contributed by atoms with Gasteiger partial charge in [0.15, 0.2) is 4.77 Å². The van der Waals surface area contributed by atoms with Crippen LogP contribution in [0.5, 0.6) is 0 Å². The summed E-state index contributed by atoms with van der Waals surface area (Å²) in [4.78, 5) is 8.61. The van der Waals surface area contributed by atoms with E-state index in [1.54, 1.807) is 36.3 Å². The van der Waals surface area contributed by atoms with E-state index in [0.29, 0.717) is 4.77 Å². The van der Waals surface area contributed by atoms with Crippen molar-refractivity contribution < 1.29 is 4.39 Å². The topological polar surface area (TPSA) is 33.6 Å². The summed E-state index contributed by atoms with van der Waals surface area (Å²) in [6.45, 7) is 0. The molecule has 0 aliphatic heterocycles. The number of nitrogens with one attached hydrogen (secondary N) is 1. The first-order valence-electron chi connectivity index (χ1n) is 8.33. The smallest absolute Gasteiger partial charge is 0.182 e. The Balaban J connectivity index is 1.98. The van der Waals surface area contributed by atoms with E-state index in [9.17, 15) is 4.39 Å². The number of benzene rings is 2. The number of aromatic amines is 1. The fourth-order valence-corrected chi connectivity index (χ4v) is 3.73. The van der Waals surface area contributed by atoms with Crippen LogP contribution in [0.15, 0.2) is 78.0 Å². The van der Waals surface area contributed by atoms with Gasteiger partial charge in [0.05, 0.1) is 11.4 Å². The number of halogens is 1. The standard InChI is InChI=1S/C21H16FN3S2/c1-27-18-8-6-17(7-9-18)25-20(15-10-12-23-13-11-15)19(24-21(25)26)14-2-4-16(22)5-3-14/h2-13H,1H3,(H,24,26). The maximum absolute atomic E-state index is 13.4. The lowest BCUT2D eigenvalue weighted by atomic mass is 10.1. The molecule has 0 saturated carbocycles. The Hall–Kier alpha value is -2.70. The van der Waals surface area contributed by atoms with Crippen LogP contribution >= 0.6 is 24.0 Å². The van der Waals surface area contributed by atoms with Gasteiger partial charge >= 0.3 is 0 Å². The number of imidazole rings is 1. The van der Waals surface area contributed by atoms with Crippen LogP contribution in [-0.4, -0.2) is 20.8 Å². The molecule has 3 nitrogen and oxygen atoms in total. The summed E-state index contributed by atoms with van der Waals surface area (Å²) in [5.41, 5.74) is 4.58. The van der Waals surface area contributed by atoms with E-state index >= 15 is 0 Å². The van der Waals surface area contributed by atoms with Gasteiger partial charge in [-0.3, -0.25) is 9.55 Å². The van der Waals surface area contributed by atoms with E-state index in [1.165, 1.54) is 17.0 Å². The number of pyridine rings is 1. The van der Waals surface area contributed by atoms with Crippen LogP contribution in [0.25, 0.3) is 28.2 Å². The molecule has 0 fully saturated rings. The fourth-order valence-electron chi connectivity index (χ4n) is 3.02. The van der Waals surface area contributed by atoms with E-state index in [4.69, 9.17) is 12.2 Å². The second kappa shape index (κ2) is 7.50. The molecule has 2 aromatic carbocycles. The van der Waals surface area contributed by atoms with Gasteiger partial charge in [0.25, 0.3) is 0 Å². The minimum atomic E-state index is -0.269. The van der Waals surface area contributed by atoms with E-state index in [2.05, 4.69) is 34.2 Å². The monoisotopic (exact) mass is 393 g/mol. The summed E-state index contributed by atoms with van der Waals surface area (Å²) in [5.74, 6) is -0.269. The zero-order chi connectivity index (χ0) is 18.8. The first-order chi connectivity index (χ1) is 13.2. The van der Waals surface area contributed by atoms with Gasteiger partial charge in [-0.15, -0.1) is 11.8 Å². The van der Waals surface area contributed by atoms with E-state index in [1.807, 2.05) is 23.0 Å². The number of rotatable bonds is 4. The molecule has 0 radical (unpaired) electrons. The van der Waals surface area contributed by atoms with Crippen LogP contribution in [0, 0.1) is 10.6 Å². The average Bonchev–Trinajstić information content (AvgIpc) is 3.06. The average molecular weight is 394 g/mol. The van der Waals surface area contributed by atoms with Crippen LogP contribution in [0.1, 0.15) is 0 Å². The highest BCUT2D eigenvalue weighted by Crippen LogP contribution is 2.34. The molecule has 4 rings (SSSR count). The van der Waals surface area contributed by atoms with Crippen molar-refractivity contribution >= 4 is 24.0 Å². The number of aromatic nitrogens is 3. The zero-order valence-electron chi connectivity index (χ0n) is 14.5. The third-order valence-electron chi connectivity index (χ3n) is 4.31. The molecule has 4 aromatic rings. The molecule has 0 aliphatic rings. The number of H-pyrrole nitrogens is 1. The van der Waals surface area contributed by atoms with Crippen LogP contribution in [0.4, 0.5) is 4.39 Å². The lowest BCUT2D eigenvalue weighted by molar-refractivity contribution is 0.628. The molecule has 1 N–H and O–H groups in total. The second-order valence-electron chi connectivity index (χ2n) is 5.93. The number of hydrogen-bond donors (Lipinski definition) is 1. The largest absolute Gasteiger partial charge is 0.330 e. The Bertz CT molecular complexity index is 1120. The fraction of sp³-hybridized carbons (Fsp3) is 0.0476. The minimum absolute atomic E-state index is 0.269. The van der Waals surface area contributed by atoms with E-state index < -0.39 is 0 Å². The van der Waals surface area contributed by atoms with Crippen molar-refractivity contribution in [2.75, 3.05) is 6.26 Å². The van der Waals surface area contributed by atoms with Crippen molar-refractivity contribution in [3.8, 4) is 28.2 Å². The predicted molar refractivity (Wildman–Crippen MR) is 111 cm³/mol. The summed E-state index contributed by atoms with van der Waals surface area (Å²) in [6.07, 6.45) is 5.55. The van der Waals surface area contributed by atoms with Gasteiger partial charge in [-0.2, -0.15) is 0 Å². The van der Waals surface area contributed by atoms with Gasteiger partial charge in [-0.05, 0) is 79.1 Å². The molecule has 0 aliphatic carbocycles. The van der Waals surface area contributed by atoms with Gasteiger partial charge in [0, 0.05) is 34.1 Å². The molecule has 0 amide bonds. The Morgan fingerprint density at radius 2 is 1.59 bits per heavy atom. The van der Waals surface area contributed by atoms with Crippen molar-refractivity contribution in [2.24, 2.45) is 0 Å². The second-order valence-corrected chi connectivity index (χ2v) is 7.20. The summed E-state index contributed by atoms with van der Waals surface area (Å²) in [6, 6.07) is 18.5. The van der Waals surface area contributed by atoms with Crippen molar-refractivity contribution in [1.29, 1.82) is 0 Å². The van der Waals surface area contributed by atoms with Gasteiger partial charge in [-0.1, -0.05) is 0 Å². The summed E-state index contributed by atoms with van der Waals surface area (Å²) < 4.78 is 16.0. The molecular formula is C21H16FN3S2. The van der Waals surface area contributed by atoms with Crippen LogP contribution < -0.4 is 0 Å². The molecule has 134 valence electrons. The molecule has 0 bridgehead atoms. The Morgan fingerprint density at radius 3 is 2.22 bits per heavy atom. The number of nitrogens with zero attached hydrogens (tertiary/aromatic N) is 2. The Labute approximate surface area is 165 Å². The Kier molecular flexibility index (Phi) is 4.92. The zero-order valence-corrected chi connectivity index (χ0v) is 16.2. The maximum Gasteiger partial charge on any atom is 0.182 e. The maximum atomic E-state index is 13.4. The van der Waals surface area contributed by atoms with Crippen LogP contribution in [0.3, 0.4) is 0 Å². The quantitative estimate of drug-likeness (QED) is 0.335. The molecule has 2 aromatic heterocycles. The van der Waals surface area contributed by atoms with Crippen LogP contribution in [-0.2, 0) is 0 Å². The van der Waals surface area contributed by atoms with Gasteiger partial charge in [-0.25, -0.2) is 4.39 Å². The van der Waals surface area contributed by atoms with Gasteiger partial charge < -0.3 is 4.98 Å². The lowest BCUT2D eigenvalue weighted by Crippen LogP contribution is -1.98. The lowest BCUT2D eigenvalue weighted by Gasteiger charge is -2.11. The van der Waals surface area contributed by atoms with E-state index in [0.717, 1.165) is 28.2 Å². The summed E-state index contributed by atoms with van der Waals surface area (Å²) in [7, 11) is 0. The highest BCUT2D eigenvalue weighted by Gasteiger charge is 2.17. The van der Waals surface area contributed by atoms with Crippen molar-refractivity contribution in [2.45, 2.75) is 4.90 Å². The SMILES string of the molecule is CSc1ccc(-n2c(-c3ccncc3)c(-c3ccc(F)cc3)[nH]c2=S)cc1. The minimum Gasteiger partial charge on any atom is -0.330 e. The summed E-state index contributed by atoms with van der Waals surface area (Å²) >= 11 is 7.34. The first kappa shape index (κ1) is 17.7. The molecule has 0 saturated heterocycles.